The molecule has 0 heteroatoms. The molecule has 3 fully saturated rings. The molecule has 182 valence electrons. The maximum atomic E-state index is 2.65. The van der Waals surface area contributed by atoms with Crippen molar-refractivity contribution < 1.29 is 0 Å². The molecular formula is C33H50. The molecule has 0 saturated heterocycles. The smallest absolute Gasteiger partial charge is 0.00464 e. The van der Waals surface area contributed by atoms with Crippen LogP contribution in [0.1, 0.15) is 135 Å². The van der Waals surface area contributed by atoms with Crippen LogP contribution < -0.4 is 0 Å². The minimum Gasteiger partial charge on any atom is -0.0625 e. The molecule has 0 aromatic heterocycles. The van der Waals surface area contributed by atoms with Gasteiger partial charge in [-0.1, -0.05) is 65.3 Å². The van der Waals surface area contributed by atoms with Gasteiger partial charge >= 0.3 is 0 Å². The highest BCUT2D eigenvalue weighted by Gasteiger charge is 2.46. The van der Waals surface area contributed by atoms with E-state index in [1.807, 2.05) is 11.1 Å². The Labute approximate surface area is 205 Å². The molecular weight excluding hydrogens is 396 g/mol. The summed E-state index contributed by atoms with van der Waals surface area (Å²) in [5, 5.41) is 0. The molecule has 0 spiro atoms. The van der Waals surface area contributed by atoms with E-state index in [1.54, 1.807) is 16.7 Å². The van der Waals surface area contributed by atoms with E-state index in [4.69, 9.17) is 0 Å². The number of fused-ring (bicyclic) bond motifs is 1. The molecule has 3 saturated carbocycles. The number of benzene rings is 1. The first kappa shape index (κ1) is 23.7. The molecule has 0 unspecified atom stereocenters. The van der Waals surface area contributed by atoms with Crippen LogP contribution in [-0.2, 0) is 11.8 Å². The second-order valence-electron chi connectivity index (χ2n) is 14.1. The minimum absolute atomic E-state index is 0.375. The van der Waals surface area contributed by atoms with Crippen molar-refractivity contribution in [1.29, 1.82) is 0 Å². The molecule has 33 heavy (non-hydrogen) atoms. The summed E-state index contributed by atoms with van der Waals surface area (Å²) in [7, 11) is 0. The van der Waals surface area contributed by atoms with Crippen LogP contribution in [0.15, 0.2) is 23.8 Å². The molecule has 0 N–H and O–H groups in total. The first-order valence-electron chi connectivity index (χ1n) is 14.5. The van der Waals surface area contributed by atoms with Gasteiger partial charge in [-0.3, -0.25) is 0 Å². The van der Waals surface area contributed by atoms with Crippen LogP contribution in [0.4, 0.5) is 0 Å². The lowest BCUT2D eigenvalue weighted by Crippen LogP contribution is -2.30. The summed E-state index contributed by atoms with van der Waals surface area (Å²) in [5.41, 5.74) is 10.0. The van der Waals surface area contributed by atoms with Gasteiger partial charge in [0.05, 0.1) is 0 Å². The first-order chi connectivity index (χ1) is 15.6. The third kappa shape index (κ3) is 4.16. The zero-order valence-electron chi connectivity index (χ0n) is 22.7. The summed E-state index contributed by atoms with van der Waals surface area (Å²) >= 11 is 0. The molecule has 1 aromatic rings. The zero-order chi connectivity index (χ0) is 23.4. The summed E-state index contributed by atoms with van der Waals surface area (Å²) < 4.78 is 0. The van der Waals surface area contributed by atoms with E-state index in [9.17, 15) is 0 Å². The van der Waals surface area contributed by atoms with Crippen molar-refractivity contribution in [3.63, 3.8) is 0 Å². The zero-order valence-corrected chi connectivity index (χ0v) is 22.7. The second kappa shape index (κ2) is 8.57. The Morgan fingerprint density at radius 1 is 0.606 bits per heavy atom. The van der Waals surface area contributed by atoms with E-state index in [-0.39, 0.29) is 0 Å². The van der Waals surface area contributed by atoms with Crippen LogP contribution in [-0.4, -0.2) is 0 Å². The van der Waals surface area contributed by atoms with E-state index < -0.39 is 0 Å². The second-order valence-corrected chi connectivity index (χ2v) is 14.1. The van der Waals surface area contributed by atoms with Gasteiger partial charge in [-0.25, -0.2) is 0 Å². The van der Waals surface area contributed by atoms with Crippen molar-refractivity contribution >= 4 is 5.57 Å². The Hall–Kier alpha value is -1.04. The Balaban J connectivity index is 1.60. The fourth-order valence-electron chi connectivity index (χ4n) is 8.23. The predicted octanol–water partition coefficient (Wildman–Crippen LogP) is 9.90. The maximum absolute atomic E-state index is 2.65. The van der Waals surface area contributed by atoms with Crippen molar-refractivity contribution in [2.45, 2.75) is 130 Å². The normalized spacial score (nSPS) is 41.8. The highest BCUT2D eigenvalue weighted by atomic mass is 14.5. The Morgan fingerprint density at radius 2 is 1.06 bits per heavy atom. The summed E-state index contributed by atoms with van der Waals surface area (Å²) in [5.74, 6) is 2.73. The molecule has 0 bridgehead atoms. The van der Waals surface area contributed by atoms with Gasteiger partial charge in [0.25, 0.3) is 0 Å². The molecule has 0 amide bonds. The van der Waals surface area contributed by atoms with Crippen LogP contribution >= 0.6 is 0 Å². The standard InChI is InChI=1S/C33H50/c1-23-10-16-31(4,17-11-23)28-9-7-8-26-27(28)22-29(32(5)18-12-24(2)13-19-32)30(26)33(6)20-14-25(3)15-21-33/h7-9,23-25H,10-22H2,1-6H3. The molecule has 0 atom stereocenters. The van der Waals surface area contributed by atoms with Crippen molar-refractivity contribution in [2.24, 2.45) is 28.6 Å². The van der Waals surface area contributed by atoms with E-state index >= 15 is 0 Å². The van der Waals surface area contributed by atoms with Crippen LogP contribution in [0.3, 0.4) is 0 Å². The Bertz CT molecular complexity index is 890. The lowest BCUT2D eigenvalue weighted by molar-refractivity contribution is 0.208. The quantitative estimate of drug-likeness (QED) is 0.433. The van der Waals surface area contributed by atoms with Gasteiger partial charge in [0.1, 0.15) is 0 Å². The average molecular weight is 447 g/mol. The molecule has 1 aromatic carbocycles. The van der Waals surface area contributed by atoms with Gasteiger partial charge in [-0.05, 0) is 140 Å². The molecule has 4 aliphatic carbocycles. The minimum atomic E-state index is 0.375. The molecule has 4 aliphatic rings. The van der Waals surface area contributed by atoms with Gasteiger partial charge < -0.3 is 0 Å². The van der Waals surface area contributed by atoms with Crippen LogP contribution in [0.25, 0.3) is 5.57 Å². The topological polar surface area (TPSA) is 0 Å². The highest BCUT2D eigenvalue weighted by Crippen LogP contribution is 2.60. The molecule has 0 nitrogen and oxygen atoms in total. The monoisotopic (exact) mass is 446 g/mol. The van der Waals surface area contributed by atoms with Gasteiger partial charge in [0.2, 0.25) is 0 Å². The molecule has 0 radical (unpaired) electrons. The molecule has 5 rings (SSSR count). The lowest BCUT2D eigenvalue weighted by Gasteiger charge is -2.44. The Kier molecular flexibility index (Phi) is 6.15. The third-order valence-electron chi connectivity index (χ3n) is 11.2. The number of hydrogen-bond acceptors (Lipinski definition) is 0. The summed E-state index contributed by atoms with van der Waals surface area (Å²) in [4.78, 5) is 0. The van der Waals surface area contributed by atoms with E-state index in [0.29, 0.717) is 16.2 Å². The van der Waals surface area contributed by atoms with Crippen LogP contribution in [0.2, 0.25) is 0 Å². The summed E-state index contributed by atoms with van der Waals surface area (Å²) in [6, 6.07) is 7.50. The number of rotatable bonds is 3. The van der Waals surface area contributed by atoms with Crippen molar-refractivity contribution in [3.8, 4) is 0 Å². The van der Waals surface area contributed by atoms with Crippen molar-refractivity contribution in [3.05, 3.63) is 40.5 Å². The molecule has 0 heterocycles. The number of allylic oxidation sites excluding steroid dienone is 2. The summed E-state index contributed by atoms with van der Waals surface area (Å²) in [6.45, 7) is 15.3. The van der Waals surface area contributed by atoms with Crippen molar-refractivity contribution in [1.82, 2.24) is 0 Å². The SMILES string of the molecule is CC1CCC(C)(C2=C(C3(C)CCC(C)CC3)c3cccc(C4(C)CCC(C)CC4)c3C2)CC1. The van der Waals surface area contributed by atoms with E-state index in [1.165, 1.54) is 83.5 Å². The Morgan fingerprint density at radius 3 is 1.58 bits per heavy atom. The van der Waals surface area contributed by atoms with Gasteiger partial charge in [-0.2, -0.15) is 0 Å². The predicted molar refractivity (Wildman–Crippen MR) is 144 cm³/mol. The highest BCUT2D eigenvalue weighted by molar-refractivity contribution is 5.82. The number of hydrogen-bond donors (Lipinski definition) is 0. The van der Waals surface area contributed by atoms with Gasteiger partial charge in [0, 0.05) is 0 Å². The van der Waals surface area contributed by atoms with E-state index in [0.717, 1.165) is 17.8 Å². The molecule has 0 aliphatic heterocycles. The fourth-order valence-corrected chi connectivity index (χ4v) is 8.23. The first-order valence-corrected chi connectivity index (χ1v) is 14.5. The summed E-state index contributed by atoms with van der Waals surface area (Å²) in [6.07, 6.45) is 18.0. The average Bonchev–Trinajstić information content (AvgIpc) is 3.22. The van der Waals surface area contributed by atoms with Gasteiger partial charge in [0.15, 0.2) is 0 Å². The van der Waals surface area contributed by atoms with Crippen LogP contribution in [0.5, 0.6) is 0 Å². The van der Waals surface area contributed by atoms with Crippen LogP contribution in [0, 0.1) is 28.6 Å². The van der Waals surface area contributed by atoms with Crippen molar-refractivity contribution in [2.75, 3.05) is 0 Å². The van der Waals surface area contributed by atoms with Gasteiger partial charge in [-0.15, -0.1) is 0 Å². The fraction of sp³-hybridized carbons (Fsp3) is 0.758. The maximum Gasteiger partial charge on any atom is -0.00464 e. The largest absolute Gasteiger partial charge is 0.0625 e. The lowest BCUT2D eigenvalue weighted by atomic mass is 9.61. The van der Waals surface area contributed by atoms with E-state index in [2.05, 4.69) is 59.7 Å². The third-order valence-corrected chi connectivity index (χ3v) is 11.2.